The maximum atomic E-state index is 4.31. The van der Waals surface area contributed by atoms with E-state index in [4.69, 9.17) is 0 Å². The van der Waals surface area contributed by atoms with E-state index >= 15 is 0 Å². The van der Waals surface area contributed by atoms with Gasteiger partial charge in [0.25, 0.3) is 0 Å². The Bertz CT molecular complexity index is 472. The summed E-state index contributed by atoms with van der Waals surface area (Å²) in [5.74, 6) is 0.877. The highest BCUT2D eigenvalue weighted by Gasteiger charge is 2.20. The zero-order valence-corrected chi connectivity index (χ0v) is 8.48. The molecule has 15 heavy (non-hydrogen) atoms. The van der Waals surface area contributed by atoms with Crippen molar-refractivity contribution in [1.29, 1.82) is 0 Å². The lowest BCUT2D eigenvalue weighted by atomic mass is 10.2. The Hall–Kier alpha value is -1.64. The molecule has 3 rings (SSSR count). The average molecular weight is 199 g/mol. The van der Waals surface area contributed by atoms with Gasteiger partial charge >= 0.3 is 0 Å². The van der Waals surface area contributed by atoms with Crippen LogP contribution in [0.1, 0.15) is 12.8 Å². The molecule has 0 aliphatic heterocycles. The number of para-hydroxylation sites is 1. The number of hydrogen-bond donors (Lipinski definition) is 1. The van der Waals surface area contributed by atoms with Crippen LogP contribution in [0.3, 0.4) is 0 Å². The Kier molecular flexibility index (Phi) is 2.02. The lowest BCUT2D eigenvalue weighted by Gasteiger charge is -2.07. The Balaban J connectivity index is 1.93. The van der Waals surface area contributed by atoms with E-state index < -0.39 is 0 Å². The van der Waals surface area contributed by atoms with Gasteiger partial charge in [0, 0.05) is 18.1 Å². The highest BCUT2D eigenvalue weighted by Crippen LogP contribution is 2.29. The van der Waals surface area contributed by atoms with Crippen molar-refractivity contribution in [2.75, 3.05) is 11.9 Å². The van der Waals surface area contributed by atoms with Gasteiger partial charge in [0.2, 0.25) is 0 Å². The summed E-state index contributed by atoms with van der Waals surface area (Å²) in [6.45, 7) is 1.07. The van der Waals surface area contributed by atoms with Crippen molar-refractivity contribution in [3.05, 3.63) is 30.7 Å². The molecule has 2 aromatic rings. The number of aromatic nitrogens is 2. The molecule has 0 atom stereocenters. The van der Waals surface area contributed by atoms with Crippen LogP contribution in [0.5, 0.6) is 0 Å². The van der Waals surface area contributed by atoms with Gasteiger partial charge in [0.1, 0.15) is 6.33 Å². The molecule has 0 radical (unpaired) electrons. The molecule has 3 heteroatoms. The molecule has 1 aromatic heterocycles. The third-order valence-corrected chi connectivity index (χ3v) is 2.81. The van der Waals surface area contributed by atoms with Crippen molar-refractivity contribution in [2.24, 2.45) is 5.92 Å². The summed E-state index contributed by atoms with van der Waals surface area (Å²) in [5.41, 5.74) is 2.15. The molecule has 0 spiro atoms. The molecule has 1 heterocycles. The molecule has 1 aliphatic rings. The summed E-state index contributed by atoms with van der Waals surface area (Å²) in [6, 6.07) is 6.16. The van der Waals surface area contributed by atoms with E-state index in [1.54, 1.807) is 6.33 Å². The van der Waals surface area contributed by atoms with Crippen molar-refractivity contribution < 1.29 is 0 Å². The minimum atomic E-state index is 0.877. The fourth-order valence-corrected chi connectivity index (χ4v) is 1.73. The lowest BCUT2D eigenvalue weighted by molar-refractivity contribution is 0.890. The third-order valence-electron chi connectivity index (χ3n) is 2.81. The van der Waals surface area contributed by atoms with Crippen LogP contribution in [0.25, 0.3) is 10.9 Å². The molecule has 0 unspecified atom stereocenters. The SMILES string of the molecule is c1cc(NCC2CC2)c2ncncc2c1. The van der Waals surface area contributed by atoms with E-state index in [2.05, 4.69) is 21.4 Å². The molecular formula is C12H13N3. The van der Waals surface area contributed by atoms with Crippen LogP contribution in [0, 0.1) is 5.92 Å². The quantitative estimate of drug-likeness (QED) is 0.825. The van der Waals surface area contributed by atoms with Gasteiger partial charge in [-0.25, -0.2) is 9.97 Å². The van der Waals surface area contributed by atoms with Crippen molar-refractivity contribution in [3.8, 4) is 0 Å². The summed E-state index contributed by atoms with van der Waals surface area (Å²) >= 11 is 0. The summed E-state index contributed by atoms with van der Waals surface area (Å²) in [5, 5.41) is 4.55. The van der Waals surface area contributed by atoms with E-state index in [0.717, 1.165) is 29.1 Å². The maximum Gasteiger partial charge on any atom is 0.116 e. The fraction of sp³-hybridized carbons (Fsp3) is 0.333. The van der Waals surface area contributed by atoms with Gasteiger partial charge in [-0.05, 0) is 24.8 Å². The topological polar surface area (TPSA) is 37.8 Å². The van der Waals surface area contributed by atoms with Gasteiger partial charge in [-0.3, -0.25) is 0 Å². The summed E-state index contributed by atoms with van der Waals surface area (Å²) in [4.78, 5) is 8.33. The van der Waals surface area contributed by atoms with Gasteiger partial charge in [-0.15, -0.1) is 0 Å². The highest BCUT2D eigenvalue weighted by molar-refractivity contribution is 5.89. The largest absolute Gasteiger partial charge is 0.383 e. The maximum absolute atomic E-state index is 4.31. The molecule has 0 bridgehead atoms. The second kappa shape index (κ2) is 3.50. The molecule has 1 N–H and O–H groups in total. The van der Waals surface area contributed by atoms with E-state index in [-0.39, 0.29) is 0 Å². The van der Waals surface area contributed by atoms with Crippen LogP contribution in [-0.2, 0) is 0 Å². The smallest absolute Gasteiger partial charge is 0.116 e. The van der Waals surface area contributed by atoms with Crippen LogP contribution in [0.4, 0.5) is 5.69 Å². The minimum Gasteiger partial charge on any atom is -0.383 e. The molecule has 1 saturated carbocycles. The molecule has 1 fully saturated rings. The van der Waals surface area contributed by atoms with E-state index in [1.165, 1.54) is 12.8 Å². The zero-order chi connectivity index (χ0) is 10.1. The summed E-state index contributed by atoms with van der Waals surface area (Å²) < 4.78 is 0. The molecular weight excluding hydrogens is 186 g/mol. The van der Waals surface area contributed by atoms with E-state index in [9.17, 15) is 0 Å². The Morgan fingerprint density at radius 1 is 1.33 bits per heavy atom. The molecule has 1 aliphatic carbocycles. The normalized spacial score (nSPS) is 15.5. The van der Waals surface area contributed by atoms with Crippen molar-refractivity contribution in [2.45, 2.75) is 12.8 Å². The second-order valence-corrected chi connectivity index (χ2v) is 4.09. The first-order valence-corrected chi connectivity index (χ1v) is 5.36. The van der Waals surface area contributed by atoms with E-state index in [0.29, 0.717) is 0 Å². The summed E-state index contributed by atoms with van der Waals surface area (Å²) in [6.07, 6.45) is 6.19. The van der Waals surface area contributed by atoms with Crippen LogP contribution >= 0.6 is 0 Å². The van der Waals surface area contributed by atoms with Gasteiger partial charge in [0.15, 0.2) is 0 Å². The van der Waals surface area contributed by atoms with Gasteiger partial charge in [-0.2, -0.15) is 0 Å². The first-order valence-electron chi connectivity index (χ1n) is 5.36. The minimum absolute atomic E-state index is 0.877. The average Bonchev–Trinajstić information content (AvgIpc) is 3.10. The zero-order valence-electron chi connectivity index (χ0n) is 8.48. The first kappa shape index (κ1) is 8.65. The highest BCUT2D eigenvalue weighted by atomic mass is 14.9. The predicted molar refractivity (Wildman–Crippen MR) is 60.8 cm³/mol. The van der Waals surface area contributed by atoms with Gasteiger partial charge in [0.05, 0.1) is 11.2 Å². The second-order valence-electron chi connectivity index (χ2n) is 4.09. The number of hydrogen-bond acceptors (Lipinski definition) is 3. The number of rotatable bonds is 3. The van der Waals surface area contributed by atoms with Gasteiger partial charge in [-0.1, -0.05) is 12.1 Å². The molecule has 0 amide bonds. The standard InChI is InChI=1S/C12H13N3/c1-2-10-7-13-8-15-12(10)11(3-1)14-6-9-4-5-9/h1-3,7-9,14H,4-6H2. The van der Waals surface area contributed by atoms with Crippen LogP contribution < -0.4 is 5.32 Å². The van der Waals surface area contributed by atoms with Crippen LogP contribution in [0.15, 0.2) is 30.7 Å². The van der Waals surface area contributed by atoms with E-state index in [1.807, 2.05) is 18.3 Å². The number of fused-ring (bicyclic) bond motifs is 1. The predicted octanol–water partition coefficient (Wildman–Crippen LogP) is 2.45. The first-order chi connectivity index (χ1) is 7.43. The number of benzene rings is 1. The number of anilines is 1. The molecule has 0 saturated heterocycles. The Labute approximate surface area is 88.6 Å². The number of nitrogens with one attached hydrogen (secondary N) is 1. The molecule has 1 aromatic carbocycles. The van der Waals surface area contributed by atoms with Gasteiger partial charge < -0.3 is 5.32 Å². The summed E-state index contributed by atoms with van der Waals surface area (Å²) in [7, 11) is 0. The van der Waals surface area contributed by atoms with Crippen molar-refractivity contribution in [1.82, 2.24) is 9.97 Å². The van der Waals surface area contributed by atoms with Crippen molar-refractivity contribution in [3.63, 3.8) is 0 Å². The monoisotopic (exact) mass is 199 g/mol. The Morgan fingerprint density at radius 2 is 2.27 bits per heavy atom. The fourth-order valence-electron chi connectivity index (χ4n) is 1.73. The third kappa shape index (κ3) is 1.77. The van der Waals surface area contributed by atoms with Crippen LogP contribution in [-0.4, -0.2) is 16.5 Å². The molecule has 3 nitrogen and oxygen atoms in total. The molecule has 76 valence electrons. The lowest BCUT2D eigenvalue weighted by Crippen LogP contribution is -2.03. The Morgan fingerprint density at radius 3 is 3.13 bits per heavy atom. The van der Waals surface area contributed by atoms with Crippen molar-refractivity contribution >= 4 is 16.6 Å². The number of nitrogens with zero attached hydrogens (tertiary/aromatic N) is 2. The van der Waals surface area contributed by atoms with Crippen LogP contribution in [0.2, 0.25) is 0 Å².